The maximum Gasteiger partial charge on any atom is 0.437 e. The standard InChI is InChI=1S/C25H34N4O5/c1-15(16-10-12-18(13-11-16)26-22(31)33-24(2,3)4)21(30)27-20-14-19(17-8-9-17)28-29(20)23(32)34-25(5,6)7/h10-15,17H,8-9H2,1-7H3,(H,26,31)(H,27,30). The quantitative estimate of drug-likeness (QED) is 0.585. The first-order valence-electron chi connectivity index (χ1n) is 11.5. The molecule has 1 aliphatic carbocycles. The smallest absolute Gasteiger partial charge is 0.437 e. The van der Waals surface area contributed by atoms with Gasteiger partial charge in [-0.3, -0.25) is 10.1 Å². The zero-order valence-corrected chi connectivity index (χ0v) is 20.9. The summed E-state index contributed by atoms with van der Waals surface area (Å²) in [6.45, 7) is 12.5. The molecular formula is C25H34N4O5. The minimum absolute atomic E-state index is 0.288. The first kappa shape index (κ1) is 25.3. The number of aromatic nitrogens is 2. The molecule has 1 heterocycles. The van der Waals surface area contributed by atoms with Gasteiger partial charge in [-0.1, -0.05) is 12.1 Å². The maximum atomic E-state index is 13.0. The third-order valence-electron chi connectivity index (χ3n) is 4.99. The molecule has 184 valence electrons. The Labute approximate surface area is 200 Å². The Hall–Kier alpha value is -3.36. The van der Waals surface area contributed by atoms with Crippen LogP contribution in [-0.2, 0) is 14.3 Å². The van der Waals surface area contributed by atoms with Crippen LogP contribution in [0.3, 0.4) is 0 Å². The molecule has 1 fully saturated rings. The van der Waals surface area contributed by atoms with Gasteiger partial charge in [-0.15, -0.1) is 4.68 Å². The molecule has 0 saturated heterocycles. The summed E-state index contributed by atoms with van der Waals surface area (Å²) >= 11 is 0. The molecule has 1 aliphatic rings. The molecular weight excluding hydrogens is 436 g/mol. The van der Waals surface area contributed by atoms with Crippen LogP contribution >= 0.6 is 0 Å². The minimum Gasteiger partial charge on any atom is -0.444 e. The number of rotatable bonds is 5. The lowest BCUT2D eigenvalue weighted by Crippen LogP contribution is -2.30. The van der Waals surface area contributed by atoms with Crippen molar-refractivity contribution in [3.63, 3.8) is 0 Å². The van der Waals surface area contributed by atoms with Gasteiger partial charge in [0, 0.05) is 17.7 Å². The van der Waals surface area contributed by atoms with Gasteiger partial charge < -0.3 is 14.8 Å². The van der Waals surface area contributed by atoms with E-state index in [1.54, 1.807) is 78.8 Å². The van der Waals surface area contributed by atoms with Gasteiger partial charge in [-0.25, -0.2) is 9.59 Å². The Kier molecular flexibility index (Phi) is 7.05. The lowest BCUT2D eigenvalue weighted by atomic mass is 10.00. The molecule has 1 unspecified atom stereocenters. The van der Waals surface area contributed by atoms with Crippen LogP contribution in [-0.4, -0.2) is 39.1 Å². The SMILES string of the molecule is CC(C(=O)Nc1cc(C2CC2)nn1C(=O)OC(C)(C)C)c1ccc(NC(=O)OC(C)(C)C)cc1. The summed E-state index contributed by atoms with van der Waals surface area (Å²) in [6.07, 6.45) is 0.838. The fourth-order valence-electron chi connectivity index (χ4n) is 3.17. The van der Waals surface area contributed by atoms with Crippen molar-refractivity contribution in [2.75, 3.05) is 10.6 Å². The number of amides is 2. The molecule has 2 N–H and O–H groups in total. The third kappa shape index (κ3) is 7.07. The van der Waals surface area contributed by atoms with Gasteiger partial charge in [0.2, 0.25) is 5.91 Å². The van der Waals surface area contributed by atoms with Crippen molar-refractivity contribution in [3.8, 4) is 0 Å². The van der Waals surface area contributed by atoms with E-state index in [-0.39, 0.29) is 11.7 Å². The highest BCUT2D eigenvalue weighted by atomic mass is 16.6. The van der Waals surface area contributed by atoms with Crippen LogP contribution in [0.1, 0.15) is 84.4 Å². The molecule has 9 nitrogen and oxygen atoms in total. The van der Waals surface area contributed by atoms with E-state index in [9.17, 15) is 14.4 Å². The van der Waals surface area contributed by atoms with Crippen molar-refractivity contribution in [1.82, 2.24) is 9.78 Å². The monoisotopic (exact) mass is 470 g/mol. The van der Waals surface area contributed by atoms with Crippen molar-refractivity contribution in [2.45, 2.75) is 84.3 Å². The molecule has 1 atom stereocenters. The van der Waals surface area contributed by atoms with Crippen LogP contribution in [0, 0.1) is 0 Å². The number of ether oxygens (including phenoxy) is 2. The minimum atomic E-state index is -0.688. The van der Waals surface area contributed by atoms with Crippen LogP contribution in [0.2, 0.25) is 0 Å². The number of nitrogens with one attached hydrogen (secondary N) is 2. The average molecular weight is 471 g/mol. The molecule has 1 aromatic carbocycles. The van der Waals surface area contributed by atoms with E-state index in [4.69, 9.17) is 9.47 Å². The van der Waals surface area contributed by atoms with Crippen molar-refractivity contribution < 1.29 is 23.9 Å². The van der Waals surface area contributed by atoms with Gasteiger partial charge in [-0.05, 0) is 79.0 Å². The van der Waals surface area contributed by atoms with Crippen molar-refractivity contribution in [3.05, 3.63) is 41.6 Å². The molecule has 2 amide bonds. The second-order valence-corrected chi connectivity index (χ2v) is 10.6. The second kappa shape index (κ2) is 9.48. The molecule has 1 saturated carbocycles. The summed E-state index contributed by atoms with van der Waals surface area (Å²) in [5.74, 6) is -0.208. The lowest BCUT2D eigenvalue weighted by molar-refractivity contribution is -0.117. The van der Waals surface area contributed by atoms with Crippen LogP contribution < -0.4 is 10.6 Å². The topological polar surface area (TPSA) is 112 Å². The molecule has 1 aromatic heterocycles. The first-order valence-corrected chi connectivity index (χ1v) is 11.5. The highest BCUT2D eigenvalue weighted by Crippen LogP contribution is 2.40. The second-order valence-electron chi connectivity index (χ2n) is 10.6. The van der Waals surface area contributed by atoms with Gasteiger partial charge in [0.15, 0.2) is 0 Å². The summed E-state index contributed by atoms with van der Waals surface area (Å²) < 4.78 is 11.8. The largest absolute Gasteiger partial charge is 0.444 e. The van der Waals surface area contributed by atoms with Crippen LogP contribution in [0.4, 0.5) is 21.1 Å². The van der Waals surface area contributed by atoms with E-state index in [2.05, 4.69) is 15.7 Å². The zero-order chi connectivity index (χ0) is 25.3. The first-order chi connectivity index (χ1) is 15.7. The van der Waals surface area contributed by atoms with Gasteiger partial charge in [0.25, 0.3) is 0 Å². The number of benzene rings is 1. The van der Waals surface area contributed by atoms with E-state index in [1.807, 2.05) is 0 Å². The lowest BCUT2D eigenvalue weighted by Gasteiger charge is -2.20. The van der Waals surface area contributed by atoms with E-state index >= 15 is 0 Å². The Bertz CT molecular complexity index is 1060. The Morgan fingerprint density at radius 3 is 2.09 bits per heavy atom. The molecule has 34 heavy (non-hydrogen) atoms. The number of carbonyl (C=O) groups excluding carboxylic acids is 3. The highest BCUT2D eigenvalue weighted by Gasteiger charge is 2.31. The van der Waals surface area contributed by atoms with Gasteiger partial charge >= 0.3 is 12.2 Å². The predicted octanol–water partition coefficient (Wildman–Crippen LogP) is 5.63. The number of hydrogen-bond donors (Lipinski definition) is 2. The summed E-state index contributed by atoms with van der Waals surface area (Å²) in [6, 6.07) is 8.67. The average Bonchev–Trinajstić information content (AvgIpc) is 3.45. The molecule has 0 aliphatic heterocycles. The molecule has 3 rings (SSSR count). The van der Waals surface area contributed by atoms with Gasteiger partial charge in [0.05, 0.1) is 11.6 Å². The van der Waals surface area contributed by atoms with Crippen molar-refractivity contribution in [1.29, 1.82) is 0 Å². The normalized spacial score (nSPS) is 14.8. The van der Waals surface area contributed by atoms with Crippen LogP contribution in [0.5, 0.6) is 0 Å². The summed E-state index contributed by atoms with van der Waals surface area (Å²) in [5, 5.41) is 9.87. The molecule has 2 aromatic rings. The molecule has 0 radical (unpaired) electrons. The summed E-state index contributed by atoms with van der Waals surface area (Å²) in [5.41, 5.74) is 0.793. The van der Waals surface area contributed by atoms with E-state index in [0.29, 0.717) is 11.6 Å². The Balaban J connectivity index is 1.69. The predicted molar refractivity (Wildman–Crippen MR) is 129 cm³/mol. The summed E-state index contributed by atoms with van der Waals surface area (Å²) in [7, 11) is 0. The van der Waals surface area contributed by atoms with Gasteiger partial charge in [-0.2, -0.15) is 5.10 Å². The van der Waals surface area contributed by atoms with Crippen molar-refractivity contribution >= 4 is 29.6 Å². The van der Waals surface area contributed by atoms with Crippen LogP contribution in [0.15, 0.2) is 30.3 Å². The van der Waals surface area contributed by atoms with Crippen LogP contribution in [0.25, 0.3) is 0 Å². The van der Waals surface area contributed by atoms with E-state index in [1.165, 1.54) is 0 Å². The van der Waals surface area contributed by atoms with Crippen molar-refractivity contribution in [2.24, 2.45) is 0 Å². The molecule has 0 bridgehead atoms. The number of nitrogens with zero attached hydrogens (tertiary/aromatic N) is 2. The zero-order valence-electron chi connectivity index (χ0n) is 20.9. The summed E-state index contributed by atoms with van der Waals surface area (Å²) in [4.78, 5) is 37.6. The molecule has 9 heteroatoms. The third-order valence-corrected chi connectivity index (χ3v) is 4.99. The Morgan fingerprint density at radius 1 is 0.971 bits per heavy atom. The number of anilines is 2. The maximum absolute atomic E-state index is 13.0. The molecule has 0 spiro atoms. The highest BCUT2D eigenvalue weighted by molar-refractivity contribution is 5.96. The number of carbonyl (C=O) groups is 3. The van der Waals surface area contributed by atoms with E-state index < -0.39 is 29.3 Å². The van der Waals surface area contributed by atoms with Gasteiger partial charge in [0.1, 0.15) is 17.0 Å². The Morgan fingerprint density at radius 2 is 1.56 bits per heavy atom. The fourth-order valence-corrected chi connectivity index (χ4v) is 3.17. The fraction of sp³-hybridized carbons (Fsp3) is 0.520. The number of hydrogen-bond acceptors (Lipinski definition) is 6. The van der Waals surface area contributed by atoms with E-state index in [0.717, 1.165) is 28.8 Å².